The smallest absolute Gasteiger partial charge is 0.217 e. The molecular weight excluding hydrogens is 140 g/mol. The standard InChI is InChI=1S/C8H16N2O/c1-7(11)9-8-3-5-10(2)6-4-8/h8H,3-6H2,1-2H3,(H,9,11). The lowest BCUT2D eigenvalue weighted by molar-refractivity contribution is -0.119. The Kier molecular flexibility index (Phi) is 2.88. The summed E-state index contributed by atoms with van der Waals surface area (Å²) in [4.78, 5) is 13.0. The maximum Gasteiger partial charge on any atom is 0.217 e. The van der Waals surface area contributed by atoms with E-state index < -0.39 is 0 Å². The zero-order valence-electron chi connectivity index (χ0n) is 7.26. The summed E-state index contributed by atoms with van der Waals surface area (Å²) in [5.41, 5.74) is 0. The van der Waals surface area contributed by atoms with E-state index in [4.69, 9.17) is 0 Å². The van der Waals surface area contributed by atoms with Crippen LogP contribution in [0.5, 0.6) is 0 Å². The second kappa shape index (κ2) is 3.72. The Hall–Kier alpha value is -0.570. The van der Waals surface area contributed by atoms with E-state index in [0.29, 0.717) is 6.04 Å². The first-order chi connectivity index (χ1) is 5.18. The highest BCUT2D eigenvalue weighted by molar-refractivity contribution is 5.73. The molecule has 1 heterocycles. The molecule has 1 fully saturated rings. The minimum Gasteiger partial charge on any atom is -0.354 e. The van der Waals surface area contributed by atoms with Crippen molar-refractivity contribution in [3.05, 3.63) is 0 Å². The summed E-state index contributed by atoms with van der Waals surface area (Å²) < 4.78 is 0. The van der Waals surface area contributed by atoms with Crippen molar-refractivity contribution in [1.82, 2.24) is 10.2 Å². The van der Waals surface area contributed by atoms with E-state index in [0.717, 1.165) is 25.9 Å². The number of carbonyl (C=O) groups is 1. The quantitative estimate of drug-likeness (QED) is 0.589. The summed E-state index contributed by atoms with van der Waals surface area (Å²) in [6, 6.07) is 0.420. The lowest BCUT2D eigenvalue weighted by atomic mass is 10.1. The van der Waals surface area contributed by atoms with Gasteiger partial charge >= 0.3 is 0 Å². The van der Waals surface area contributed by atoms with Gasteiger partial charge in [0.25, 0.3) is 0 Å². The number of piperidine rings is 1. The Balaban J connectivity index is 2.22. The summed E-state index contributed by atoms with van der Waals surface area (Å²) in [7, 11) is 2.12. The molecule has 0 atom stereocenters. The Morgan fingerprint density at radius 1 is 1.45 bits per heavy atom. The third kappa shape index (κ3) is 2.89. The summed E-state index contributed by atoms with van der Waals surface area (Å²) in [6.45, 7) is 3.79. The molecule has 0 aromatic heterocycles. The third-order valence-corrected chi connectivity index (χ3v) is 2.13. The molecule has 64 valence electrons. The van der Waals surface area contributed by atoms with Crippen LogP contribution >= 0.6 is 0 Å². The van der Waals surface area contributed by atoms with Crippen LogP contribution in [0.25, 0.3) is 0 Å². The van der Waals surface area contributed by atoms with Gasteiger partial charge < -0.3 is 10.2 Å². The van der Waals surface area contributed by atoms with Gasteiger partial charge in [-0.2, -0.15) is 0 Å². The van der Waals surface area contributed by atoms with Gasteiger partial charge in [0.2, 0.25) is 5.91 Å². The van der Waals surface area contributed by atoms with Crippen LogP contribution < -0.4 is 5.32 Å². The molecule has 1 saturated heterocycles. The summed E-state index contributed by atoms with van der Waals surface area (Å²) in [6.07, 6.45) is 2.19. The van der Waals surface area contributed by atoms with Crippen LogP contribution in [0.2, 0.25) is 0 Å². The normalized spacial score (nSPS) is 21.6. The molecule has 1 aliphatic heterocycles. The van der Waals surface area contributed by atoms with Gasteiger partial charge in [-0.05, 0) is 33.0 Å². The molecule has 0 radical (unpaired) electrons. The van der Waals surface area contributed by atoms with Crippen molar-refractivity contribution in [3.63, 3.8) is 0 Å². The third-order valence-electron chi connectivity index (χ3n) is 2.13. The molecule has 0 spiro atoms. The van der Waals surface area contributed by atoms with Crippen LogP contribution in [-0.2, 0) is 4.79 Å². The second-order valence-electron chi connectivity index (χ2n) is 3.28. The molecule has 1 amide bonds. The van der Waals surface area contributed by atoms with Gasteiger partial charge in [-0.15, -0.1) is 0 Å². The minimum atomic E-state index is 0.0968. The lowest BCUT2D eigenvalue weighted by Gasteiger charge is -2.29. The van der Waals surface area contributed by atoms with E-state index in [1.54, 1.807) is 6.92 Å². The summed E-state index contributed by atoms with van der Waals surface area (Å²) in [5.74, 6) is 0.0968. The SMILES string of the molecule is CC(=O)NC1CCN(C)CC1. The molecule has 0 saturated carbocycles. The first-order valence-electron chi connectivity index (χ1n) is 4.14. The van der Waals surface area contributed by atoms with E-state index in [1.165, 1.54) is 0 Å². The highest BCUT2D eigenvalue weighted by Crippen LogP contribution is 2.07. The summed E-state index contributed by atoms with van der Waals surface area (Å²) >= 11 is 0. The van der Waals surface area contributed by atoms with Crippen molar-refractivity contribution in [2.75, 3.05) is 20.1 Å². The van der Waals surface area contributed by atoms with Crippen molar-refractivity contribution >= 4 is 5.91 Å². The molecular formula is C8H16N2O. The second-order valence-corrected chi connectivity index (χ2v) is 3.28. The van der Waals surface area contributed by atoms with Crippen LogP contribution in [0.1, 0.15) is 19.8 Å². The largest absolute Gasteiger partial charge is 0.354 e. The molecule has 1 aliphatic rings. The van der Waals surface area contributed by atoms with Crippen molar-refractivity contribution in [2.24, 2.45) is 0 Å². The van der Waals surface area contributed by atoms with Crippen LogP contribution in [0, 0.1) is 0 Å². The van der Waals surface area contributed by atoms with Crippen molar-refractivity contribution in [3.8, 4) is 0 Å². The Morgan fingerprint density at radius 3 is 2.45 bits per heavy atom. The average Bonchev–Trinajstić information content (AvgIpc) is 1.93. The number of amides is 1. The van der Waals surface area contributed by atoms with Gasteiger partial charge in [-0.25, -0.2) is 0 Å². The number of likely N-dealkylation sites (tertiary alicyclic amines) is 1. The fourth-order valence-electron chi connectivity index (χ4n) is 1.44. The molecule has 3 heteroatoms. The zero-order valence-corrected chi connectivity index (χ0v) is 7.26. The molecule has 1 rings (SSSR count). The van der Waals surface area contributed by atoms with Crippen LogP contribution in [0.4, 0.5) is 0 Å². The molecule has 0 aliphatic carbocycles. The van der Waals surface area contributed by atoms with E-state index >= 15 is 0 Å². The number of rotatable bonds is 1. The number of nitrogens with zero attached hydrogens (tertiary/aromatic N) is 1. The van der Waals surface area contributed by atoms with Crippen LogP contribution in [-0.4, -0.2) is 37.0 Å². The van der Waals surface area contributed by atoms with Gasteiger partial charge in [0.15, 0.2) is 0 Å². The molecule has 0 aromatic carbocycles. The number of carbonyl (C=O) groups excluding carboxylic acids is 1. The predicted molar refractivity (Wildman–Crippen MR) is 44.3 cm³/mol. The topological polar surface area (TPSA) is 32.3 Å². The van der Waals surface area contributed by atoms with Crippen LogP contribution in [0.15, 0.2) is 0 Å². The predicted octanol–water partition coefficient (Wildman–Crippen LogP) is 0.217. The van der Waals surface area contributed by atoms with Crippen molar-refractivity contribution in [1.29, 1.82) is 0 Å². The fourth-order valence-corrected chi connectivity index (χ4v) is 1.44. The zero-order chi connectivity index (χ0) is 8.27. The van der Waals surface area contributed by atoms with Gasteiger partial charge in [0.05, 0.1) is 0 Å². The number of nitrogens with one attached hydrogen (secondary N) is 1. The average molecular weight is 156 g/mol. The number of hydrogen-bond acceptors (Lipinski definition) is 2. The van der Waals surface area contributed by atoms with Gasteiger partial charge in [-0.3, -0.25) is 4.79 Å². The van der Waals surface area contributed by atoms with Crippen molar-refractivity contribution in [2.45, 2.75) is 25.8 Å². The first-order valence-corrected chi connectivity index (χ1v) is 4.14. The maximum absolute atomic E-state index is 10.7. The molecule has 11 heavy (non-hydrogen) atoms. The van der Waals surface area contributed by atoms with Gasteiger partial charge in [-0.1, -0.05) is 0 Å². The highest BCUT2D eigenvalue weighted by Gasteiger charge is 2.16. The van der Waals surface area contributed by atoms with E-state index in [9.17, 15) is 4.79 Å². The highest BCUT2D eigenvalue weighted by atomic mass is 16.1. The first kappa shape index (κ1) is 8.53. The monoisotopic (exact) mass is 156 g/mol. The van der Waals surface area contributed by atoms with E-state index in [-0.39, 0.29) is 5.91 Å². The Labute approximate surface area is 67.8 Å². The Morgan fingerprint density at radius 2 is 2.00 bits per heavy atom. The molecule has 0 unspecified atom stereocenters. The molecule has 0 aromatic rings. The van der Waals surface area contributed by atoms with Crippen molar-refractivity contribution < 1.29 is 4.79 Å². The minimum absolute atomic E-state index is 0.0968. The van der Waals surface area contributed by atoms with Crippen LogP contribution in [0.3, 0.4) is 0 Å². The number of hydrogen-bond donors (Lipinski definition) is 1. The maximum atomic E-state index is 10.7. The lowest BCUT2D eigenvalue weighted by Crippen LogP contribution is -2.42. The van der Waals surface area contributed by atoms with E-state index in [2.05, 4.69) is 17.3 Å². The summed E-state index contributed by atoms with van der Waals surface area (Å²) in [5, 5.41) is 2.94. The fraction of sp³-hybridized carbons (Fsp3) is 0.875. The molecule has 3 nitrogen and oxygen atoms in total. The molecule has 0 bridgehead atoms. The molecule has 1 N–H and O–H groups in total. The van der Waals surface area contributed by atoms with Gasteiger partial charge in [0.1, 0.15) is 0 Å². The van der Waals surface area contributed by atoms with Gasteiger partial charge in [0, 0.05) is 13.0 Å². The van der Waals surface area contributed by atoms with E-state index in [1.807, 2.05) is 0 Å². The Bertz CT molecular complexity index is 139.